The van der Waals surface area contributed by atoms with Crippen molar-refractivity contribution < 1.29 is 0 Å². The largest absolute Gasteiger partial charge is 0.350 e. The molecule has 1 aliphatic rings. The topological polar surface area (TPSA) is 8.17 Å². The van der Waals surface area contributed by atoms with Gasteiger partial charge in [0.05, 0.1) is 6.04 Å². The molecule has 3 heteroatoms. The van der Waals surface area contributed by atoms with E-state index >= 15 is 0 Å². The van der Waals surface area contributed by atoms with E-state index in [1.54, 1.807) is 0 Å². The van der Waals surface area contributed by atoms with Crippen LogP contribution in [-0.2, 0) is 19.5 Å². The van der Waals surface area contributed by atoms with Crippen molar-refractivity contribution in [3.63, 3.8) is 0 Å². The van der Waals surface area contributed by atoms with Gasteiger partial charge in [-0.05, 0) is 53.8 Å². The zero-order chi connectivity index (χ0) is 17.9. The molecule has 0 spiro atoms. The zero-order valence-corrected chi connectivity index (χ0v) is 16.0. The average Bonchev–Trinajstić information content (AvgIpc) is 3.04. The number of nitrogens with zero attached hydrogens (tertiary/aromatic N) is 2. The predicted octanol–water partition coefficient (Wildman–Crippen LogP) is 5.70. The summed E-state index contributed by atoms with van der Waals surface area (Å²) in [6, 6.07) is 22.1. The van der Waals surface area contributed by atoms with Gasteiger partial charge in [0.2, 0.25) is 0 Å². The van der Waals surface area contributed by atoms with Crippen molar-refractivity contribution in [2.24, 2.45) is 0 Å². The molecular formula is C23H25ClN2. The second kappa shape index (κ2) is 7.69. The summed E-state index contributed by atoms with van der Waals surface area (Å²) in [5, 5.41) is 0.810. The highest BCUT2D eigenvalue weighted by Crippen LogP contribution is 2.33. The van der Waals surface area contributed by atoms with E-state index in [1.807, 2.05) is 12.1 Å². The molecule has 0 saturated carbocycles. The maximum absolute atomic E-state index is 6.22. The Hall–Kier alpha value is -2.03. The third kappa shape index (κ3) is 3.58. The van der Waals surface area contributed by atoms with Crippen molar-refractivity contribution in [2.75, 3.05) is 6.54 Å². The lowest BCUT2D eigenvalue weighted by molar-refractivity contribution is 0.220. The lowest BCUT2D eigenvalue weighted by atomic mass is 9.99. The van der Waals surface area contributed by atoms with Crippen LogP contribution in [0.4, 0.5) is 0 Å². The molecule has 1 aliphatic heterocycles. The van der Waals surface area contributed by atoms with Crippen LogP contribution in [0.5, 0.6) is 0 Å². The van der Waals surface area contributed by atoms with Crippen LogP contribution in [0.3, 0.4) is 0 Å². The van der Waals surface area contributed by atoms with Gasteiger partial charge in [-0.15, -0.1) is 0 Å². The van der Waals surface area contributed by atoms with Gasteiger partial charge < -0.3 is 4.57 Å². The Morgan fingerprint density at radius 2 is 1.81 bits per heavy atom. The Labute approximate surface area is 161 Å². The molecule has 0 radical (unpaired) electrons. The Morgan fingerprint density at radius 3 is 2.58 bits per heavy atom. The van der Waals surface area contributed by atoms with Crippen LogP contribution in [-0.4, -0.2) is 16.0 Å². The highest BCUT2D eigenvalue weighted by molar-refractivity contribution is 6.30. The van der Waals surface area contributed by atoms with E-state index in [-0.39, 0.29) is 6.04 Å². The number of hydrogen-bond acceptors (Lipinski definition) is 1. The lowest BCUT2D eigenvalue weighted by Gasteiger charge is -2.31. The summed E-state index contributed by atoms with van der Waals surface area (Å²) in [5.41, 5.74) is 5.41. The van der Waals surface area contributed by atoms with E-state index in [0.29, 0.717) is 0 Å². The number of benzene rings is 2. The second-order valence-electron chi connectivity index (χ2n) is 7.08. The highest BCUT2D eigenvalue weighted by atomic mass is 35.5. The molecule has 3 aromatic rings. The van der Waals surface area contributed by atoms with Gasteiger partial charge in [0.25, 0.3) is 0 Å². The number of aryl methyl sites for hydroxylation is 2. The monoisotopic (exact) mass is 364 g/mol. The summed E-state index contributed by atoms with van der Waals surface area (Å²) < 4.78 is 2.41. The van der Waals surface area contributed by atoms with Crippen molar-refractivity contribution in [1.29, 1.82) is 0 Å². The highest BCUT2D eigenvalue weighted by Gasteiger charge is 2.27. The van der Waals surface area contributed by atoms with Crippen molar-refractivity contribution in [3.05, 3.63) is 94.3 Å². The molecule has 26 heavy (non-hydrogen) atoms. The normalized spacial score (nSPS) is 17.7. The predicted molar refractivity (Wildman–Crippen MR) is 109 cm³/mol. The first-order valence-corrected chi connectivity index (χ1v) is 9.85. The molecule has 134 valence electrons. The van der Waals surface area contributed by atoms with E-state index < -0.39 is 0 Å². The Balaban J connectivity index is 1.72. The van der Waals surface area contributed by atoms with Gasteiger partial charge in [0.1, 0.15) is 0 Å². The first-order valence-electron chi connectivity index (χ1n) is 9.47. The van der Waals surface area contributed by atoms with Gasteiger partial charge in [-0.25, -0.2) is 0 Å². The van der Waals surface area contributed by atoms with Crippen molar-refractivity contribution in [1.82, 2.24) is 9.47 Å². The maximum atomic E-state index is 6.22. The fourth-order valence-electron chi connectivity index (χ4n) is 4.00. The van der Waals surface area contributed by atoms with Crippen LogP contribution >= 0.6 is 11.6 Å². The second-order valence-corrected chi connectivity index (χ2v) is 7.51. The minimum atomic E-state index is 0.275. The van der Waals surface area contributed by atoms with E-state index in [9.17, 15) is 0 Å². The summed E-state index contributed by atoms with van der Waals surface area (Å²) in [4.78, 5) is 2.59. The van der Waals surface area contributed by atoms with Gasteiger partial charge in [-0.3, -0.25) is 4.90 Å². The molecule has 0 N–H and O–H groups in total. The van der Waals surface area contributed by atoms with Crippen LogP contribution in [0.1, 0.15) is 41.8 Å². The van der Waals surface area contributed by atoms with Crippen LogP contribution < -0.4 is 0 Å². The summed E-state index contributed by atoms with van der Waals surface area (Å²) in [7, 11) is 0. The number of fused-ring (bicyclic) bond motifs is 1. The molecule has 0 unspecified atom stereocenters. The summed E-state index contributed by atoms with van der Waals surface area (Å²) in [6.07, 6.45) is 4.45. The molecule has 0 bridgehead atoms. The zero-order valence-electron chi connectivity index (χ0n) is 15.2. The van der Waals surface area contributed by atoms with Gasteiger partial charge in [-0.2, -0.15) is 0 Å². The van der Waals surface area contributed by atoms with Gasteiger partial charge >= 0.3 is 0 Å². The van der Waals surface area contributed by atoms with Crippen molar-refractivity contribution in [2.45, 2.75) is 38.9 Å². The molecule has 0 aliphatic carbocycles. The van der Waals surface area contributed by atoms with E-state index in [0.717, 1.165) is 37.5 Å². The molecule has 4 rings (SSSR count). The molecule has 2 aromatic carbocycles. The Morgan fingerprint density at radius 1 is 0.962 bits per heavy atom. The molecule has 2 heterocycles. The maximum Gasteiger partial charge on any atom is 0.0759 e. The van der Waals surface area contributed by atoms with Gasteiger partial charge in [0, 0.05) is 36.5 Å². The van der Waals surface area contributed by atoms with E-state index in [2.05, 4.69) is 71.1 Å². The summed E-state index contributed by atoms with van der Waals surface area (Å²) >= 11 is 6.22. The van der Waals surface area contributed by atoms with Gasteiger partial charge in [-0.1, -0.05) is 54.9 Å². The molecule has 0 amide bonds. The fraction of sp³-hybridized carbons (Fsp3) is 0.304. The third-order valence-corrected chi connectivity index (χ3v) is 5.57. The molecule has 0 fully saturated rings. The number of hydrogen-bond donors (Lipinski definition) is 0. The third-order valence-electron chi connectivity index (χ3n) is 5.33. The number of aromatic nitrogens is 1. The van der Waals surface area contributed by atoms with Crippen molar-refractivity contribution in [3.8, 4) is 0 Å². The van der Waals surface area contributed by atoms with Crippen LogP contribution in [0.15, 0.2) is 66.9 Å². The molecular weight excluding hydrogens is 340 g/mol. The SMILES string of the molecule is CCc1ccc([C@H]2c3cccn3CCCN2Cc2cccc(Cl)c2)cc1. The molecule has 0 saturated heterocycles. The van der Waals surface area contributed by atoms with E-state index in [4.69, 9.17) is 11.6 Å². The first-order chi connectivity index (χ1) is 12.7. The minimum Gasteiger partial charge on any atom is -0.350 e. The summed E-state index contributed by atoms with van der Waals surface area (Å²) in [5.74, 6) is 0. The lowest BCUT2D eigenvalue weighted by Crippen LogP contribution is -2.29. The summed E-state index contributed by atoms with van der Waals surface area (Å²) in [6.45, 7) is 5.27. The molecule has 1 atom stereocenters. The van der Waals surface area contributed by atoms with E-state index in [1.165, 1.54) is 22.4 Å². The minimum absolute atomic E-state index is 0.275. The smallest absolute Gasteiger partial charge is 0.0759 e. The van der Waals surface area contributed by atoms with Crippen LogP contribution in [0.25, 0.3) is 0 Å². The number of halogens is 1. The quantitative estimate of drug-likeness (QED) is 0.576. The van der Waals surface area contributed by atoms with Gasteiger partial charge in [0.15, 0.2) is 0 Å². The Bertz CT molecular complexity index is 866. The van der Waals surface area contributed by atoms with Crippen LogP contribution in [0.2, 0.25) is 5.02 Å². The standard InChI is InChI=1S/C23H25ClN2/c1-2-18-9-11-20(12-10-18)23-22-8-4-13-25(22)14-5-15-26(23)17-19-6-3-7-21(24)16-19/h3-4,6-13,16,23H,2,5,14-15,17H2,1H3/t23-/m0/s1. The van der Waals surface area contributed by atoms with Crippen molar-refractivity contribution >= 4 is 11.6 Å². The molecule has 1 aromatic heterocycles. The number of rotatable bonds is 4. The molecule has 2 nitrogen and oxygen atoms in total. The average molecular weight is 365 g/mol. The fourth-order valence-corrected chi connectivity index (χ4v) is 4.21. The first kappa shape index (κ1) is 17.4. The Kier molecular flexibility index (Phi) is 5.14. The van der Waals surface area contributed by atoms with Crippen LogP contribution in [0, 0.1) is 0 Å².